The highest BCUT2D eigenvalue weighted by Crippen LogP contribution is 2.38. The van der Waals surface area contributed by atoms with Crippen molar-refractivity contribution in [2.45, 2.75) is 147 Å². The molecule has 2 N–H and O–H groups in total. The molecular formula is C28H54N4O2. The van der Waals surface area contributed by atoms with Crippen molar-refractivity contribution in [3.8, 4) is 0 Å². The zero-order valence-electron chi connectivity index (χ0n) is 23.9. The van der Waals surface area contributed by atoms with E-state index in [0.29, 0.717) is 12.5 Å². The minimum Gasteiger partial charge on any atom is -0.314 e. The minimum absolute atomic E-state index is 0.0135. The number of piperidine rings is 2. The molecule has 0 aromatic rings. The van der Waals surface area contributed by atoms with E-state index in [2.05, 4.69) is 89.9 Å². The summed E-state index contributed by atoms with van der Waals surface area (Å²) in [4.78, 5) is 29.1. The van der Waals surface area contributed by atoms with E-state index in [-0.39, 0.29) is 28.2 Å². The van der Waals surface area contributed by atoms with Gasteiger partial charge in [-0.25, -0.2) is 0 Å². The first-order chi connectivity index (χ1) is 15.5. The summed E-state index contributed by atoms with van der Waals surface area (Å²) in [5, 5.41) is 7.26. The first-order valence-corrected chi connectivity index (χ1v) is 13.4. The molecule has 6 nitrogen and oxygen atoms in total. The molecule has 2 heterocycles. The lowest BCUT2D eigenvalue weighted by molar-refractivity contribution is -0.124. The molecule has 0 unspecified atom stereocenters. The molecule has 2 aliphatic heterocycles. The quantitative estimate of drug-likeness (QED) is 0.264. The molecule has 34 heavy (non-hydrogen) atoms. The molecule has 0 aromatic heterocycles. The Balaban J connectivity index is 1.82. The average molecular weight is 479 g/mol. The van der Waals surface area contributed by atoms with Crippen LogP contribution in [-0.4, -0.2) is 82.8 Å². The van der Waals surface area contributed by atoms with Crippen LogP contribution in [-0.2, 0) is 9.59 Å². The van der Waals surface area contributed by atoms with Gasteiger partial charge in [0.15, 0.2) is 0 Å². The lowest BCUT2D eigenvalue weighted by Gasteiger charge is -2.54. The number of carbonyl (C=O) groups excluding carboxylic acids is 2. The van der Waals surface area contributed by atoms with Crippen LogP contribution in [0, 0.1) is 0 Å². The number of carbonyl (C=O) groups is 2. The number of rotatable bonds is 11. The van der Waals surface area contributed by atoms with Gasteiger partial charge < -0.3 is 14.9 Å². The Bertz CT molecular complexity index is 657. The maximum Gasteiger partial charge on any atom is 0.147 e. The maximum absolute atomic E-state index is 12.1. The predicted octanol–water partition coefficient (Wildman–Crippen LogP) is 4.17. The fourth-order valence-corrected chi connectivity index (χ4v) is 6.68. The van der Waals surface area contributed by atoms with Gasteiger partial charge in [-0.2, -0.15) is 0 Å². The summed E-state index contributed by atoms with van der Waals surface area (Å²) < 4.78 is 0. The van der Waals surface area contributed by atoms with Gasteiger partial charge in [0.25, 0.3) is 0 Å². The highest BCUT2D eigenvalue weighted by molar-refractivity contribution is 5.89. The molecule has 0 aliphatic carbocycles. The first-order valence-electron chi connectivity index (χ1n) is 13.4. The normalized spacial score (nSPS) is 25.8. The highest BCUT2D eigenvalue weighted by Gasteiger charge is 2.45. The van der Waals surface area contributed by atoms with Crippen LogP contribution in [0.3, 0.4) is 0 Å². The summed E-state index contributed by atoms with van der Waals surface area (Å²) in [7, 11) is 4.41. The van der Waals surface area contributed by atoms with Crippen LogP contribution in [0.2, 0.25) is 0 Å². The zero-order valence-corrected chi connectivity index (χ0v) is 23.9. The average Bonchev–Trinajstić information content (AvgIpc) is 2.71. The van der Waals surface area contributed by atoms with Crippen LogP contribution in [0.5, 0.6) is 0 Å². The molecule has 2 rings (SSSR count). The third kappa shape index (κ3) is 6.89. The fourth-order valence-electron chi connectivity index (χ4n) is 6.68. The number of aldehydes is 2. The van der Waals surface area contributed by atoms with E-state index < -0.39 is 5.54 Å². The standard InChI is InChI=1S/C28H54N4O2/c1-24(2)16-22(17-25(3,4)31(24)9)29-15-13-11-12-14-28(20-33,21-34)30-23-18-26(5,6)32(10)27(7,8)19-23/h20-23,29-30H,11-19H2,1-10H3. The van der Waals surface area contributed by atoms with Crippen LogP contribution < -0.4 is 10.6 Å². The Morgan fingerprint density at radius 1 is 0.706 bits per heavy atom. The van der Waals surface area contributed by atoms with Crippen molar-refractivity contribution < 1.29 is 9.59 Å². The SMILES string of the molecule is CN1C(C)(C)CC(NCCCCCC(C=O)(C=O)NC2CC(C)(C)N(C)C(C)(C)C2)CC1(C)C. The molecule has 0 aromatic carbocycles. The van der Waals surface area contributed by atoms with Gasteiger partial charge in [-0.3, -0.25) is 15.1 Å². The first kappa shape index (κ1) is 29.4. The van der Waals surface area contributed by atoms with Crippen molar-refractivity contribution in [3.05, 3.63) is 0 Å². The molecule has 0 amide bonds. The molecule has 2 saturated heterocycles. The molecule has 2 fully saturated rings. The molecule has 0 radical (unpaired) electrons. The lowest BCUT2D eigenvalue weighted by Crippen LogP contribution is -2.65. The smallest absolute Gasteiger partial charge is 0.147 e. The largest absolute Gasteiger partial charge is 0.314 e. The number of likely N-dealkylation sites (tertiary alicyclic amines) is 2. The van der Waals surface area contributed by atoms with Crippen LogP contribution in [0.15, 0.2) is 0 Å². The van der Waals surface area contributed by atoms with Gasteiger partial charge in [-0.1, -0.05) is 12.8 Å². The van der Waals surface area contributed by atoms with Crippen molar-refractivity contribution in [3.63, 3.8) is 0 Å². The molecule has 0 saturated carbocycles. The van der Waals surface area contributed by atoms with E-state index >= 15 is 0 Å². The topological polar surface area (TPSA) is 64.7 Å². The Hall–Kier alpha value is -0.820. The van der Waals surface area contributed by atoms with Crippen molar-refractivity contribution in [1.82, 2.24) is 20.4 Å². The van der Waals surface area contributed by atoms with Crippen molar-refractivity contribution >= 4 is 12.6 Å². The zero-order chi connectivity index (χ0) is 26.0. The van der Waals surface area contributed by atoms with Gasteiger partial charge in [-0.05, 0) is 115 Å². The van der Waals surface area contributed by atoms with Crippen LogP contribution in [0.25, 0.3) is 0 Å². The molecule has 0 bridgehead atoms. The predicted molar refractivity (Wildman–Crippen MR) is 142 cm³/mol. The van der Waals surface area contributed by atoms with Gasteiger partial charge >= 0.3 is 0 Å². The Morgan fingerprint density at radius 2 is 1.12 bits per heavy atom. The molecular weight excluding hydrogens is 424 g/mol. The number of hydrogen-bond acceptors (Lipinski definition) is 6. The van der Waals surface area contributed by atoms with Gasteiger partial charge in [0.1, 0.15) is 18.1 Å². The summed E-state index contributed by atoms with van der Waals surface area (Å²) in [5.74, 6) is 0. The second-order valence-electron chi connectivity index (χ2n) is 13.8. The van der Waals surface area contributed by atoms with E-state index in [1.165, 1.54) is 0 Å². The monoisotopic (exact) mass is 478 g/mol. The Labute approximate surface area is 210 Å². The van der Waals surface area contributed by atoms with Crippen molar-refractivity contribution in [2.75, 3.05) is 20.6 Å². The van der Waals surface area contributed by atoms with E-state index in [1.807, 2.05) is 0 Å². The summed E-state index contributed by atoms with van der Waals surface area (Å²) >= 11 is 0. The summed E-state index contributed by atoms with van der Waals surface area (Å²) in [5.41, 5.74) is -0.660. The van der Waals surface area contributed by atoms with Gasteiger partial charge in [0.05, 0.1) is 0 Å². The minimum atomic E-state index is -1.07. The molecule has 198 valence electrons. The number of unbranched alkanes of at least 4 members (excludes halogenated alkanes) is 2. The Morgan fingerprint density at radius 3 is 1.53 bits per heavy atom. The van der Waals surface area contributed by atoms with Crippen LogP contribution in [0.1, 0.15) is 107 Å². The number of nitrogens with zero attached hydrogens (tertiary/aromatic N) is 2. The van der Waals surface area contributed by atoms with E-state index in [9.17, 15) is 9.59 Å². The molecule has 6 heteroatoms. The van der Waals surface area contributed by atoms with Crippen LogP contribution >= 0.6 is 0 Å². The van der Waals surface area contributed by atoms with Crippen LogP contribution in [0.4, 0.5) is 0 Å². The van der Waals surface area contributed by atoms with E-state index in [1.54, 1.807) is 0 Å². The molecule has 0 spiro atoms. The Kier molecular flexibility index (Phi) is 9.22. The number of nitrogens with one attached hydrogen (secondary N) is 2. The van der Waals surface area contributed by atoms with Gasteiger partial charge in [0.2, 0.25) is 0 Å². The summed E-state index contributed by atoms with van der Waals surface area (Å²) in [6.45, 7) is 19.3. The van der Waals surface area contributed by atoms with E-state index in [4.69, 9.17) is 0 Å². The van der Waals surface area contributed by atoms with Gasteiger partial charge in [-0.15, -0.1) is 0 Å². The lowest BCUT2D eigenvalue weighted by atomic mass is 9.76. The third-order valence-electron chi connectivity index (χ3n) is 9.21. The van der Waals surface area contributed by atoms with Crippen molar-refractivity contribution in [1.29, 1.82) is 0 Å². The summed E-state index contributed by atoms with van der Waals surface area (Å²) in [6.07, 6.45) is 9.36. The number of hydrogen-bond donors (Lipinski definition) is 2. The highest BCUT2D eigenvalue weighted by atomic mass is 16.1. The molecule has 0 atom stereocenters. The van der Waals surface area contributed by atoms with Crippen molar-refractivity contribution in [2.24, 2.45) is 0 Å². The summed E-state index contributed by atoms with van der Waals surface area (Å²) in [6, 6.07) is 0.678. The third-order valence-corrected chi connectivity index (χ3v) is 9.21. The van der Waals surface area contributed by atoms with E-state index in [0.717, 1.165) is 64.1 Å². The second kappa shape index (κ2) is 10.7. The van der Waals surface area contributed by atoms with Gasteiger partial charge in [0, 0.05) is 34.2 Å². The second-order valence-corrected chi connectivity index (χ2v) is 13.8. The molecule has 2 aliphatic rings. The maximum atomic E-state index is 12.1. The fraction of sp³-hybridized carbons (Fsp3) is 0.929.